The topological polar surface area (TPSA) is 54.3 Å². The lowest BCUT2D eigenvalue weighted by Crippen LogP contribution is -2.39. The third-order valence-electron chi connectivity index (χ3n) is 4.24. The number of aliphatic hydroxyl groups is 1. The van der Waals surface area contributed by atoms with Gasteiger partial charge in [0.25, 0.3) is 5.91 Å². The van der Waals surface area contributed by atoms with Crippen LogP contribution < -0.4 is 5.32 Å². The second-order valence-corrected chi connectivity index (χ2v) is 6.11. The third kappa shape index (κ3) is 3.48. The molecule has 130 valence electrons. The average Bonchev–Trinajstić information content (AvgIpc) is 2.79. The fourth-order valence-corrected chi connectivity index (χ4v) is 2.89. The third-order valence-corrected chi connectivity index (χ3v) is 4.24. The number of hydrogen-bond acceptors (Lipinski definition) is 2. The Hall–Kier alpha value is -2.21. The molecule has 0 saturated heterocycles. The number of aryl methyl sites for hydroxylation is 1. The second-order valence-electron chi connectivity index (χ2n) is 6.11. The van der Waals surface area contributed by atoms with Crippen molar-refractivity contribution < 1.29 is 18.7 Å². The summed E-state index contributed by atoms with van der Waals surface area (Å²) in [6.45, 7) is 7.69. The van der Waals surface area contributed by atoms with E-state index in [-0.39, 0.29) is 18.0 Å². The van der Waals surface area contributed by atoms with Gasteiger partial charge in [0, 0.05) is 29.6 Å². The van der Waals surface area contributed by atoms with E-state index in [1.54, 1.807) is 6.07 Å². The number of nitrogens with zero attached hydrogens (tertiary/aromatic N) is 1. The number of benzene rings is 1. The smallest absolute Gasteiger partial charge is 0.253 e. The molecule has 2 N–H and O–H groups in total. The minimum Gasteiger partial charge on any atom is -0.383 e. The maximum atomic E-state index is 13.8. The molecule has 0 aliphatic rings. The maximum absolute atomic E-state index is 13.8. The number of aromatic nitrogens is 1. The fraction of sp³-hybridized carbons (Fsp3) is 0.389. The summed E-state index contributed by atoms with van der Waals surface area (Å²) < 4.78 is 28.8. The second kappa shape index (κ2) is 6.73. The summed E-state index contributed by atoms with van der Waals surface area (Å²) in [5.74, 6) is -1.91. The molecule has 0 saturated carbocycles. The average molecular weight is 336 g/mol. The van der Waals surface area contributed by atoms with Crippen LogP contribution in [0.25, 0.3) is 0 Å². The lowest BCUT2D eigenvalue weighted by atomic mass is 9.95. The van der Waals surface area contributed by atoms with Gasteiger partial charge in [-0.2, -0.15) is 0 Å². The van der Waals surface area contributed by atoms with Gasteiger partial charge in [0.2, 0.25) is 0 Å². The minimum absolute atomic E-state index is 0.0665. The van der Waals surface area contributed by atoms with Gasteiger partial charge in [0.05, 0.1) is 12.1 Å². The van der Waals surface area contributed by atoms with Crippen LogP contribution in [0.4, 0.5) is 8.78 Å². The number of rotatable bonds is 5. The zero-order valence-electron chi connectivity index (χ0n) is 14.3. The molecule has 1 aromatic heterocycles. The highest BCUT2D eigenvalue weighted by atomic mass is 19.1. The van der Waals surface area contributed by atoms with Crippen LogP contribution in [0.2, 0.25) is 0 Å². The van der Waals surface area contributed by atoms with Crippen molar-refractivity contribution in [2.45, 2.75) is 39.8 Å². The molecule has 2 rings (SSSR count). The van der Waals surface area contributed by atoms with Crippen LogP contribution in [0.15, 0.2) is 24.3 Å². The quantitative estimate of drug-likeness (QED) is 0.882. The lowest BCUT2D eigenvalue weighted by molar-refractivity contribution is 0.0494. The zero-order valence-corrected chi connectivity index (χ0v) is 14.3. The molecule has 0 aliphatic heterocycles. The van der Waals surface area contributed by atoms with E-state index in [9.17, 15) is 18.7 Å². The molecule has 0 aliphatic carbocycles. The van der Waals surface area contributed by atoms with Crippen LogP contribution in [0.1, 0.15) is 41.2 Å². The van der Waals surface area contributed by atoms with E-state index in [1.807, 2.05) is 25.3 Å². The summed E-state index contributed by atoms with van der Waals surface area (Å²) in [6, 6.07) is 4.74. The molecule has 0 spiro atoms. The molecule has 4 nitrogen and oxygen atoms in total. The first-order chi connectivity index (χ1) is 11.2. The van der Waals surface area contributed by atoms with Gasteiger partial charge in [-0.3, -0.25) is 4.79 Å². The molecule has 1 aromatic carbocycles. The van der Waals surface area contributed by atoms with E-state index in [1.165, 1.54) is 13.0 Å². The van der Waals surface area contributed by atoms with Crippen molar-refractivity contribution in [2.24, 2.45) is 0 Å². The lowest BCUT2D eigenvalue weighted by Gasteiger charge is -2.24. The first-order valence-corrected chi connectivity index (χ1v) is 7.80. The van der Waals surface area contributed by atoms with Gasteiger partial charge in [0.15, 0.2) is 0 Å². The predicted octanol–water partition coefficient (Wildman–Crippen LogP) is 3.04. The van der Waals surface area contributed by atoms with E-state index in [2.05, 4.69) is 5.32 Å². The summed E-state index contributed by atoms with van der Waals surface area (Å²) in [5.41, 5.74) is 0.605. The Labute approximate surface area is 140 Å². The van der Waals surface area contributed by atoms with E-state index >= 15 is 0 Å². The molecule has 1 amide bonds. The van der Waals surface area contributed by atoms with Crippen molar-refractivity contribution in [2.75, 3.05) is 6.54 Å². The molecular formula is C18H22F2N2O2. The van der Waals surface area contributed by atoms with Gasteiger partial charge in [0.1, 0.15) is 17.2 Å². The van der Waals surface area contributed by atoms with Crippen molar-refractivity contribution in [1.29, 1.82) is 0 Å². The van der Waals surface area contributed by atoms with Crippen molar-refractivity contribution in [3.05, 3.63) is 58.4 Å². The van der Waals surface area contributed by atoms with Crippen molar-refractivity contribution in [3.8, 4) is 0 Å². The zero-order chi connectivity index (χ0) is 18.1. The maximum Gasteiger partial charge on any atom is 0.253 e. The van der Waals surface area contributed by atoms with Crippen LogP contribution >= 0.6 is 0 Å². The van der Waals surface area contributed by atoms with Crippen molar-refractivity contribution >= 4 is 5.91 Å². The highest BCUT2D eigenvalue weighted by Gasteiger charge is 2.28. The molecule has 1 heterocycles. The highest BCUT2D eigenvalue weighted by molar-refractivity contribution is 5.95. The molecule has 1 atom stereocenters. The Kier molecular flexibility index (Phi) is 5.08. The molecule has 24 heavy (non-hydrogen) atoms. The molecule has 6 heteroatoms. The summed E-state index contributed by atoms with van der Waals surface area (Å²) in [6.07, 6.45) is 0. The normalized spacial score (nSPS) is 13.6. The molecule has 1 unspecified atom stereocenters. The summed E-state index contributed by atoms with van der Waals surface area (Å²) in [5, 5.41) is 13.1. The van der Waals surface area contributed by atoms with E-state index < -0.39 is 17.2 Å². The largest absolute Gasteiger partial charge is 0.383 e. The van der Waals surface area contributed by atoms with Crippen molar-refractivity contribution in [3.63, 3.8) is 0 Å². The van der Waals surface area contributed by atoms with Crippen LogP contribution in [0, 0.1) is 25.5 Å². The first kappa shape index (κ1) is 18.1. The Balaban J connectivity index is 2.16. The van der Waals surface area contributed by atoms with Crippen molar-refractivity contribution in [1.82, 2.24) is 9.88 Å². The number of nitrogens with one attached hydrogen (secondary N) is 1. The van der Waals surface area contributed by atoms with Gasteiger partial charge in [-0.25, -0.2) is 8.78 Å². The predicted molar refractivity (Wildman–Crippen MR) is 87.8 cm³/mol. The van der Waals surface area contributed by atoms with E-state index in [0.29, 0.717) is 11.6 Å². The van der Waals surface area contributed by atoms with Crippen LogP contribution in [-0.2, 0) is 12.1 Å². The Morgan fingerprint density at radius 2 is 1.96 bits per heavy atom. The minimum atomic E-state index is -1.65. The standard InChI is InChI=1S/C18H22F2N2O2/c1-5-22-11(2)8-14(12(22)3)17(23)21-10-18(4,24)15-7-6-13(19)9-16(15)20/h6-9,24H,5,10H2,1-4H3,(H,21,23). The molecule has 0 bridgehead atoms. The van der Waals surface area contributed by atoms with E-state index in [0.717, 1.165) is 24.0 Å². The van der Waals surface area contributed by atoms with Crippen LogP contribution in [0.3, 0.4) is 0 Å². The van der Waals surface area contributed by atoms with Crippen LogP contribution in [-0.4, -0.2) is 22.1 Å². The number of halogens is 2. The summed E-state index contributed by atoms with van der Waals surface area (Å²) >= 11 is 0. The van der Waals surface area contributed by atoms with E-state index in [4.69, 9.17) is 0 Å². The van der Waals surface area contributed by atoms with Crippen LogP contribution in [0.5, 0.6) is 0 Å². The molecular weight excluding hydrogens is 314 g/mol. The van der Waals surface area contributed by atoms with Gasteiger partial charge < -0.3 is 15.0 Å². The SMILES string of the molecule is CCn1c(C)cc(C(=O)NCC(C)(O)c2ccc(F)cc2F)c1C. The Morgan fingerprint density at radius 1 is 1.29 bits per heavy atom. The van der Waals surface area contributed by atoms with Gasteiger partial charge in [-0.05, 0) is 39.8 Å². The van der Waals surface area contributed by atoms with Gasteiger partial charge in [-0.1, -0.05) is 6.07 Å². The number of amides is 1. The number of carbonyl (C=O) groups is 1. The molecule has 0 radical (unpaired) electrons. The Bertz CT molecular complexity index is 767. The number of carbonyl (C=O) groups excluding carboxylic acids is 1. The van der Waals surface area contributed by atoms with Gasteiger partial charge in [-0.15, -0.1) is 0 Å². The first-order valence-electron chi connectivity index (χ1n) is 7.80. The molecule has 2 aromatic rings. The molecule has 0 fully saturated rings. The fourth-order valence-electron chi connectivity index (χ4n) is 2.89. The summed E-state index contributed by atoms with van der Waals surface area (Å²) in [4.78, 5) is 12.4. The Morgan fingerprint density at radius 3 is 2.50 bits per heavy atom. The monoisotopic (exact) mass is 336 g/mol. The highest BCUT2D eigenvalue weighted by Crippen LogP contribution is 2.24. The summed E-state index contributed by atoms with van der Waals surface area (Å²) in [7, 11) is 0. The number of hydrogen-bond donors (Lipinski definition) is 2. The van der Waals surface area contributed by atoms with Gasteiger partial charge >= 0.3 is 0 Å².